The molecule has 0 aliphatic heterocycles. The molecule has 0 saturated carbocycles. The molecule has 0 aromatic rings. The van der Waals surface area contributed by atoms with Crippen LogP contribution >= 0.6 is 7.82 Å². The van der Waals surface area contributed by atoms with Crippen LogP contribution in [-0.4, -0.2) is 74.9 Å². The van der Waals surface area contributed by atoms with Gasteiger partial charge in [0, 0.05) is 12.8 Å². The first-order chi connectivity index (χ1) is 23.5. The van der Waals surface area contributed by atoms with Crippen LogP contribution in [0.1, 0.15) is 174 Å². The Labute approximate surface area is 301 Å². The van der Waals surface area contributed by atoms with E-state index in [9.17, 15) is 19.0 Å². The molecule has 0 aromatic heterocycles. The second-order valence-corrected chi connectivity index (χ2v) is 16.1. The van der Waals surface area contributed by atoms with Crippen LogP contribution in [0.5, 0.6) is 0 Å². The number of allylic oxidation sites excluding steroid dienone is 2. The normalized spacial score (nSPS) is 13.8. The number of esters is 2. The molecule has 1 N–H and O–H groups in total. The molecular formula is C39H77NO8P+. The molecule has 0 fully saturated rings. The average molecular weight is 719 g/mol. The molecule has 290 valence electrons. The molecule has 0 amide bonds. The Hall–Kier alpha value is -1.25. The van der Waals surface area contributed by atoms with Gasteiger partial charge < -0.3 is 18.9 Å². The van der Waals surface area contributed by atoms with E-state index in [1.807, 2.05) is 21.1 Å². The number of carbonyl (C=O) groups is 2. The first-order valence-electron chi connectivity index (χ1n) is 19.9. The fourth-order valence-electron chi connectivity index (χ4n) is 5.36. The largest absolute Gasteiger partial charge is 0.472 e. The van der Waals surface area contributed by atoms with Crippen LogP contribution in [0.3, 0.4) is 0 Å². The van der Waals surface area contributed by atoms with Gasteiger partial charge in [-0.05, 0) is 38.5 Å². The van der Waals surface area contributed by atoms with E-state index in [2.05, 4.69) is 26.0 Å². The van der Waals surface area contributed by atoms with E-state index in [0.29, 0.717) is 23.9 Å². The predicted molar refractivity (Wildman–Crippen MR) is 201 cm³/mol. The van der Waals surface area contributed by atoms with Gasteiger partial charge in [0.2, 0.25) is 0 Å². The lowest BCUT2D eigenvalue weighted by Crippen LogP contribution is -2.37. The number of phosphoric acid groups is 1. The maximum atomic E-state index is 12.6. The van der Waals surface area contributed by atoms with E-state index in [-0.39, 0.29) is 25.6 Å². The summed E-state index contributed by atoms with van der Waals surface area (Å²) in [6.07, 6.45) is 31.1. The third kappa shape index (κ3) is 36.3. The van der Waals surface area contributed by atoms with Crippen LogP contribution in [0.2, 0.25) is 0 Å². The Morgan fingerprint density at radius 1 is 0.612 bits per heavy atom. The Morgan fingerprint density at radius 2 is 1.04 bits per heavy atom. The third-order valence-corrected chi connectivity index (χ3v) is 9.53. The highest BCUT2D eigenvalue weighted by atomic mass is 31.2. The first kappa shape index (κ1) is 47.8. The molecule has 10 heteroatoms. The lowest BCUT2D eigenvalue weighted by Gasteiger charge is -2.24. The van der Waals surface area contributed by atoms with Crippen molar-refractivity contribution in [1.82, 2.24) is 0 Å². The van der Waals surface area contributed by atoms with Crippen LogP contribution in [0.25, 0.3) is 0 Å². The SMILES string of the molecule is CCCCCC/C=C/CCCCCCCCCC(=O)O[C@H](COC(=O)CCCCCCCCCCCC)COP(=O)(O)OCC[N+](C)(C)C. The molecule has 0 rings (SSSR count). The van der Waals surface area contributed by atoms with Gasteiger partial charge >= 0.3 is 19.8 Å². The summed E-state index contributed by atoms with van der Waals surface area (Å²) in [5, 5.41) is 0. The van der Waals surface area contributed by atoms with Crippen LogP contribution in [0.15, 0.2) is 12.2 Å². The summed E-state index contributed by atoms with van der Waals surface area (Å²) in [7, 11) is 1.48. The van der Waals surface area contributed by atoms with Crippen LogP contribution < -0.4 is 0 Å². The lowest BCUT2D eigenvalue weighted by molar-refractivity contribution is -0.870. The minimum absolute atomic E-state index is 0.0335. The number of hydrogen-bond donors (Lipinski definition) is 1. The van der Waals surface area contributed by atoms with Crippen molar-refractivity contribution in [1.29, 1.82) is 0 Å². The molecule has 1 unspecified atom stereocenters. The molecular weight excluding hydrogens is 641 g/mol. The number of phosphoric ester groups is 1. The smallest absolute Gasteiger partial charge is 0.462 e. The van der Waals surface area contributed by atoms with Crippen molar-refractivity contribution in [3.8, 4) is 0 Å². The molecule has 0 aliphatic rings. The van der Waals surface area contributed by atoms with Gasteiger partial charge in [-0.15, -0.1) is 0 Å². The van der Waals surface area contributed by atoms with Gasteiger partial charge in [-0.1, -0.05) is 135 Å². The molecule has 9 nitrogen and oxygen atoms in total. The van der Waals surface area contributed by atoms with Crippen molar-refractivity contribution in [2.45, 2.75) is 180 Å². The van der Waals surface area contributed by atoms with Gasteiger partial charge in [-0.3, -0.25) is 18.6 Å². The molecule has 0 aromatic carbocycles. The standard InChI is InChI=1S/C39H76NO8P/c1-6-8-10-12-14-16-18-19-20-21-22-24-26-28-30-32-39(42)48-37(36-47-49(43,44)46-34-33-40(3,4)5)35-45-38(41)31-29-27-25-23-17-15-13-11-9-7-2/h16,18,37H,6-15,17,19-36H2,1-5H3/p+1/b18-16+/t37-/m1/s1. The van der Waals surface area contributed by atoms with Gasteiger partial charge in [0.15, 0.2) is 6.10 Å². The lowest BCUT2D eigenvalue weighted by atomic mass is 10.1. The zero-order chi connectivity index (χ0) is 36.5. The predicted octanol–water partition coefficient (Wildman–Crippen LogP) is 10.6. The highest BCUT2D eigenvalue weighted by Crippen LogP contribution is 2.43. The quantitative estimate of drug-likeness (QED) is 0.0224. The highest BCUT2D eigenvalue weighted by Gasteiger charge is 2.27. The van der Waals surface area contributed by atoms with Gasteiger partial charge in [-0.25, -0.2) is 4.57 Å². The van der Waals surface area contributed by atoms with E-state index in [4.69, 9.17) is 18.5 Å². The van der Waals surface area contributed by atoms with Crippen molar-refractivity contribution < 1.29 is 42.1 Å². The molecule has 0 heterocycles. The monoisotopic (exact) mass is 719 g/mol. The molecule has 49 heavy (non-hydrogen) atoms. The van der Waals surface area contributed by atoms with Crippen molar-refractivity contribution >= 4 is 19.8 Å². The summed E-state index contributed by atoms with van der Waals surface area (Å²) in [4.78, 5) is 35.2. The zero-order valence-corrected chi connectivity index (χ0v) is 33.3. The van der Waals surface area contributed by atoms with E-state index >= 15 is 0 Å². The molecule has 0 spiro atoms. The summed E-state index contributed by atoms with van der Waals surface area (Å²) in [6.45, 7) is 4.39. The fraction of sp³-hybridized carbons (Fsp3) is 0.897. The van der Waals surface area contributed by atoms with Crippen LogP contribution in [-0.2, 0) is 32.7 Å². The van der Waals surface area contributed by atoms with Gasteiger partial charge in [0.25, 0.3) is 0 Å². The number of hydrogen-bond acceptors (Lipinski definition) is 7. The molecule has 0 bridgehead atoms. The minimum Gasteiger partial charge on any atom is -0.462 e. The Bertz CT molecular complexity index is 860. The van der Waals surface area contributed by atoms with E-state index in [1.54, 1.807) is 0 Å². The summed E-state index contributed by atoms with van der Waals surface area (Å²) in [5.74, 6) is -0.801. The van der Waals surface area contributed by atoms with Crippen LogP contribution in [0, 0.1) is 0 Å². The summed E-state index contributed by atoms with van der Waals surface area (Å²) in [6, 6.07) is 0. The van der Waals surface area contributed by atoms with Gasteiger partial charge in [0.05, 0.1) is 27.7 Å². The van der Waals surface area contributed by atoms with Crippen molar-refractivity contribution in [3.05, 3.63) is 12.2 Å². The summed E-state index contributed by atoms with van der Waals surface area (Å²) < 4.78 is 34.2. The van der Waals surface area contributed by atoms with E-state index in [1.165, 1.54) is 96.3 Å². The topological polar surface area (TPSA) is 108 Å². The van der Waals surface area contributed by atoms with Crippen molar-refractivity contribution in [2.24, 2.45) is 0 Å². The number of likely N-dealkylation sites (N-methyl/N-ethyl adjacent to an activating group) is 1. The maximum Gasteiger partial charge on any atom is 0.472 e. The maximum absolute atomic E-state index is 12.6. The average Bonchev–Trinajstić information content (AvgIpc) is 3.04. The number of quaternary nitrogens is 1. The fourth-order valence-corrected chi connectivity index (χ4v) is 6.10. The third-order valence-electron chi connectivity index (χ3n) is 8.55. The van der Waals surface area contributed by atoms with E-state index in [0.717, 1.165) is 44.9 Å². The molecule has 0 aliphatic carbocycles. The minimum atomic E-state index is -4.36. The van der Waals surface area contributed by atoms with Gasteiger partial charge in [0.1, 0.15) is 19.8 Å². The number of rotatable bonds is 36. The summed E-state index contributed by atoms with van der Waals surface area (Å²) >= 11 is 0. The zero-order valence-electron chi connectivity index (χ0n) is 32.4. The Kier molecular flexibility index (Phi) is 31.8. The number of carbonyl (C=O) groups excluding carboxylic acids is 2. The highest BCUT2D eigenvalue weighted by molar-refractivity contribution is 7.47. The van der Waals surface area contributed by atoms with Crippen LogP contribution in [0.4, 0.5) is 0 Å². The number of ether oxygens (including phenoxy) is 2. The summed E-state index contributed by atoms with van der Waals surface area (Å²) in [5.41, 5.74) is 0. The number of unbranched alkanes of at least 4 members (excludes halogenated alkanes) is 20. The van der Waals surface area contributed by atoms with Gasteiger partial charge in [-0.2, -0.15) is 0 Å². The van der Waals surface area contributed by atoms with Crippen molar-refractivity contribution in [2.75, 3.05) is 47.5 Å². The molecule has 0 saturated heterocycles. The van der Waals surface area contributed by atoms with Crippen molar-refractivity contribution in [3.63, 3.8) is 0 Å². The molecule has 0 radical (unpaired) electrons. The first-order valence-corrected chi connectivity index (χ1v) is 21.4. The second kappa shape index (κ2) is 32.6. The second-order valence-electron chi connectivity index (χ2n) is 14.7. The van der Waals surface area contributed by atoms with E-state index < -0.39 is 26.5 Å². The number of nitrogens with zero attached hydrogens (tertiary/aromatic N) is 1. The Balaban J connectivity index is 4.40. The molecule has 2 atom stereocenters. The Morgan fingerprint density at radius 3 is 1.53 bits per heavy atom.